The third-order valence-electron chi connectivity index (χ3n) is 2.60. The van der Waals surface area contributed by atoms with Gasteiger partial charge in [0.15, 0.2) is 0 Å². The zero-order chi connectivity index (χ0) is 15.2. The van der Waals surface area contributed by atoms with Crippen LogP contribution in [-0.4, -0.2) is 19.1 Å². The van der Waals surface area contributed by atoms with Crippen LogP contribution in [0.4, 0.5) is 13.2 Å². The summed E-state index contributed by atoms with van der Waals surface area (Å²) in [6.07, 6.45) is -4.35. The van der Waals surface area contributed by atoms with Crippen LogP contribution < -0.4 is 0 Å². The van der Waals surface area contributed by atoms with Gasteiger partial charge in [-0.1, -0.05) is 17.2 Å². The third kappa shape index (κ3) is 4.81. The van der Waals surface area contributed by atoms with Crippen LogP contribution in [-0.2, 0) is 22.1 Å². The van der Waals surface area contributed by atoms with Gasteiger partial charge in [0.2, 0.25) is 0 Å². The maximum atomic E-state index is 12.4. The minimum atomic E-state index is -4.39. The lowest BCUT2D eigenvalue weighted by Crippen LogP contribution is -2.15. The Labute approximate surface area is 113 Å². The lowest BCUT2D eigenvalue weighted by Gasteiger charge is -2.11. The second-order valence-corrected chi connectivity index (χ2v) is 4.04. The number of halogens is 3. The van der Waals surface area contributed by atoms with Crippen LogP contribution in [0.15, 0.2) is 29.4 Å². The molecular formula is C12H12F3N3O2. The molecule has 1 aromatic carbocycles. The molecule has 0 saturated carbocycles. The Morgan fingerprint density at radius 3 is 2.45 bits per heavy atom. The third-order valence-corrected chi connectivity index (χ3v) is 2.60. The van der Waals surface area contributed by atoms with E-state index in [1.54, 1.807) is 0 Å². The van der Waals surface area contributed by atoms with E-state index in [0.717, 1.165) is 12.1 Å². The van der Waals surface area contributed by atoms with Crippen LogP contribution in [0.5, 0.6) is 0 Å². The molecule has 0 spiro atoms. The van der Waals surface area contributed by atoms with Gasteiger partial charge in [0.05, 0.1) is 25.1 Å². The van der Waals surface area contributed by atoms with Crippen LogP contribution in [0, 0.1) is 0 Å². The Morgan fingerprint density at radius 2 is 2.00 bits per heavy atom. The standard InChI is InChI=1S/C12H12F3N3O2/c1-20-11(19)7-10(17-18-16)6-8-2-4-9(5-3-8)12(13,14)15/h2-5,10H,6-7H2,1H3/t10-/m1/s1. The molecule has 1 atom stereocenters. The van der Waals surface area contributed by atoms with Crippen molar-refractivity contribution in [2.24, 2.45) is 5.11 Å². The number of carbonyl (C=O) groups excluding carboxylic acids is 1. The number of benzene rings is 1. The first-order valence-electron chi connectivity index (χ1n) is 5.64. The Bertz CT molecular complexity index is 508. The maximum absolute atomic E-state index is 12.4. The van der Waals surface area contributed by atoms with E-state index >= 15 is 0 Å². The fourth-order valence-electron chi connectivity index (χ4n) is 1.60. The summed E-state index contributed by atoms with van der Waals surface area (Å²) in [6, 6.07) is 3.78. The van der Waals surface area contributed by atoms with Crippen molar-refractivity contribution in [2.45, 2.75) is 25.1 Å². The van der Waals surface area contributed by atoms with E-state index in [4.69, 9.17) is 5.53 Å². The van der Waals surface area contributed by atoms with Crippen LogP contribution in [0.2, 0.25) is 0 Å². The molecule has 1 rings (SSSR count). The quantitative estimate of drug-likeness (QED) is 0.360. The van der Waals surface area contributed by atoms with Crippen LogP contribution in [0.3, 0.4) is 0 Å². The minimum absolute atomic E-state index is 0.123. The van der Waals surface area contributed by atoms with E-state index in [0.29, 0.717) is 5.56 Å². The summed E-state index contributed by atoms with van der Waals surface area (Å²) >= 11 is 0. The highest BCUT2D eigenvalue weighted by atomic mass is 19.4. The number of carbonyl (C=O) groups is 1. The molecule has 0 unspecified atom stereocenters. The first kappa shape index (κ1) is 15.8. The van der Waals surface area contributed by atoms with Crippen LogP contribution in [0.25, 0.3) is 10.4 Å². The zero-order valence-electron chi connectivity index (χ0n) is 10.6. The van der Waals surface area contributed by atoms with Crippen LogP contribution in [0.1, 0.15) is 17.5 Å². The maximum Gasteiger partial charge on any atom is 0.416 e. The molecular weight excluding hydrogens is 275 g/mol. The average Bonchev–Trinajstić information content (AvgIpc) is 2.38. The highest BCUT2D eigenvalue weighted by Crippen LogP contribution is 2.29. The van der Waals surface area contributed by atoms with E-state index in [1.807, 2.05) is 0 Å². The molecule has 0 N–H and O–H groups in total. The van der Waals surface area contributed by atoms with Crippen molar-refractivity contribution in [2.75, 3.05) is 7.11 Å². The van der Waals surface area contributed by atoms with E-state index in [2.05, 4.69) is 14.8 Å². The summed E-state index contributed by atoms with van der Waals surface area (Å²) in [5.74, 6) is -0.547. The largest absolute Gasteiger partial charge is 0.469 e. The van der Waals surface area contributed by atoms with Crippen LogP contribution >= 0.6 is 0 Å². The highest BCUT2D eigenvalue weighted by Gasteiger charge is 2.30. The minimum Gasteiger partial charge on any atom is -0.469 e. The van der Waals surface area contributed by atoms with Gasteiger partial charge in [-0.2, -0.15) is 13.2 Å². The summed E-state index contributed by atoms with van der Waals surface area (Å²) < 4.78 is 41.6. The normalized spacial score (nSPS) is 12.4. The lowest BCUT2D eigenvalue weighted by atomic mass is 10.0. The average molecular weight is 287 g/mol. The molecule has 0 saturated heterocycles. The molecule has 5 nitrogen and oxygen atoms in total. The molecule has 0 aromatic heterocycles. The van der Waals surface area contributed by atoms with Crippen molar-refractivity contribution in [1.29, 1.82) is 0 Å². The Kier molecular flexibility index (Phi) is 5.40. The van der Waals surface area contributed by atoms with Crippen molar-refractivity contribution in [3.63, 3.8) is 0 Å². The van der Waals surface area contributed by atoms with Gasteiger partial charge in [-0.25, -0.2) is 0 Å². The molecule has 1 aromatic rings. The van der Waals surface area contributed by atoms with Gasteiger partial charge < -0.3 is 4.74 Å². The molecule has 0 heterocycles. The molecule has 0 aliphatic carbocycles. The Hall–Kier alpha value is -2.21. The predicted molar refractivity (Wildman–Crippen MR) is 64.7 cm³/mol. The SMILES string of the molecule is COC(=O)C[C@@H](Cc1ccc(C(F)(F)F)cc1)N=[N+]=[N-]. The molecule has 0 bridgehead atoms. The van der Waals surface area contributed by atoms with E-state index in [9.17, 15) is 18.0 Å². The van der Waals surface area contributed by atoms with E-state index < -0.39 is 23.8 Å². The van der Waals surface area contributed by atoms with Crippen molar-refractivity contribution in [3.8, 4) is 0 Å². The first-order chi connectivity index (χ1) is 9.36. The number of ether oxygens (including phenoxy) is 1. The van der Waals surface area contributed by atoms with Gasteiger partial charge in [0.25, 0.3) is 0 Å². The molecule has 108 valence electrons. The van der Waals surface area contributed by atoms with Gasteiger partial charge in [-0.3, -0.25) is 4.79 Å². The van der Waals surface area contributed by atoms with Crippen molar-refractivity contribution in [1.82, 2.24) is 0 Å². The van der Waals surface area contributed by atoms with Gasteiger partial charge in [0.1, 0.15) is 0 Å². The van der Waals surface area contributed by atoms with Gasteiger partial charge in [0, 0.05) is 4.91 Å². The summed E-state index contributed by atoms with van der Waals surface area (Å²) in [5, 5.41) is 3.44. The Balaban J connectivity index is 2.79. The number of azide groups is 1. The fourth-order valence-corrected chi connectivity index (χ4v) is 1.60. The number of hydrogen-bond acceptors (Lipinski definition) is 3. The number of methoxy groups -OCH3 is 1. The molecule has 0 radical (unpaired) electrons. The summed E-state index contributed by atoms with van der Waals surface area (Å²) in [7, 11) is 1.20. The van der Waals surface area contributed by atoms with Crippen molar-refractivity contribution in [3.05, 3.63) is 45.8 Å². The first-order valence-corrected chi connectivity index (χ1v) is 5.64. The smallest absolute Gasteiger partial charge is 0.416 e. The number of alkyl halides is 3. The number of rotatable bonds is 5. The molecule has 0 aliphatic rings. The number of nitrogens with zero attached hydrogens (tertiary/aromatic N) is 3. The Morgan fingerprint density at radius 1 is 1.40 bits per heavy atom. The predicted octanol–water partition coefficient (Wildman–Crippen LogP) is 3.49. The van der Waals surface area contributed by atoms with Gasteiger partial charge in [-0.15, -0.1) is 0 Å². The summed E-state index contributed by atoms with van der Waals surface area (Å²) in [6.45, 7) is 0. The molecule has 0 amide bonds. The zero-order valence-corrected chi connectivity index (χ0v) is 10.6. The molecule has 8 heteroatoms. The van der Waals surface area contributed by atoms with Crippen molar-refractivity contribution < 1.29 is 22.7 Å². The summed E-state index contributed by atoms with van der Waals surface area (Å²) in [5.41, 5.74) is 8.19. The topological polar surface area (TPSA) is 75.1 Å². The van der Waals surface area contributed by atoms with E-state index in [-0.39, 0.29) is 12.8 Å². The molecule has 0 aliphatic heterocycles. The monoisotopic (exact) mass is 287 g/mol. The second-order valence-electron chi connectivity index (χ2n) is 4.04. The van der Waals surface area contributed by atoms with E-state index in [1.165, 1.54) is 19.2 Å². The second kappa shape index (κ2) is 6.81. The number of hydrogen-bond donors (Lipinski definition) is 0. The highest BCUT2D eigenvalue weighted by molar-refractivity contribution is 5.70. The fraction of sp³-hybridized carbons (Fsp3) is 0.417. The summed E-state index contributed by atoms with van der Waals surface area (Å²) in [4.78, 5) is 13.7. The van der Waals surface area contributed by atoms with Gasteiger partial charge in [-0.05, 0) is 29.6 Å². The van der Waals surface area contributed by atoms with Crippen molar-refractivity contribution >= 4 is 5.97 Å². The van der Waals surface area contributed by atoms with Gasteiger partial charge >= 0.3 is 12.1 Å². The molecule has 0 fully saturated rings. The number of esters is 1. The lowest BCUT2D eigenvalue weighted by molar-refractivity contribution is -0.141. The molecule has 20 heavy (non-hydrogen) atoms.